The van der Waals surface area contributed by atoms with Crippen LogP contribution in [0.4, 0.5) is 11.7 Å². The van der Waals surface area contributed by atoms with Crippen LogP contribution in [-0.2, 0) is 6.54 Å². The van der Waals surface area contributed by atoms with Crippen LogP contribution in [0.25, 0.3) is 0 Å². The summed E-state index contributed by atoms with van der Waals surface area (Å²) in [6.07, 6.45) is 2.64. The maximum absolute atomic E-state index is 12.0. The average molecular weight is 249 g/mol. The number of rotatable bonds is 4. The zero-order valence-electron chi connectivity index (χ0n) is 10.3. The normalized spacial score (nSPS) is 10.6. The van der Waals surface area contributed by atoms with Gasteiger partial charge < -0.3 is 14.7 Å². The molecule has 1 amide bonds. The predicted molar refractivity (Wildman–Crippen MR) is 66.1 cm³/mol. The van der Waals surface area contributed by atoms with Gasteiger partial charge in [-0.15, -0.1) is 5.10 Å². The van der Waals surface area contributed by atoms with Gasteiger partial charge in [-0.2, -0.15) is 0 Å². The molecule has 2 heterocycles. The number of nitrogens with two attached hydrogens (primary N) is 1. The molecule has 0 aliphatic rings. The highest BCUT2D eigenvalue weighted by Gasteiger charge is 2.15. The second kappa shape index (κ2) is 4.91. The van der Waals surface area contributed by atoms with E-state index in [2.05, 4.69) is 15.5 Å². The summed E-state index contributed by atoms with van der Waals surface area (Å²) in [4.78, 5) is 12.0. The maximum atomic E-state index is 12.0. The van der Waals surface area contributed by atoms with Crippen molar-refractivity contribution < 1.29 is 9.21 Å². The molecule has 0 aliphatic heterocycles. The summed E-state index contributed by atoms with van der Waals surface area (Å²) in [5, 5.41) is 9.87. The fraction of sp³-hybridized carbons (Fsp3) is 0.364. The SMILES string of the molecule is CCCn1cc(N)cc1C(=O)Nc1nnc(C)o1. The molecular formula is C11H15N5O2. The molecule has 2 aromatic rings. The van der Waals surface area contributed by atoms with Crippen LogP contribution >= 0.6 is 0 Å². The minimum absolute atomic E-state index is 0.0836. The zero-order valence-corrected chi connectivity index (χ0v) is 10.3. The standard InChI is InChI=1S/C11H15N5O2/c1-3-4-16-6-8(12)5-9(16)10(17)13-11-15-14-7(2)18-11/h5-6H,3-4,12H2,1-2H3,(H,13,15,17). The lowest BCUT2D eigenvalue weighted by molar-refractivity contribution is 0.101. The first-order valence-corrected chi connectivity index (χ1v) is 5.67. The fourth-order valence-corrected chi connectivity index (χ4v) is 1.66. The molecule has 96 valence electrons. The van der Waals surface area contributed by atoms with Gasteiger partial charge >= 0.3 is 6.01 Å². The van der Waals surface area contributed by atoms with E-state index >= 15 is 0 Å². The van der Waals surface area contributed by atoms with Crippen LogP contribution in [-0.4, -0.2) is 20.7 Å². The zero-order chi connectivity index (χ0) is 13.1. The number of nitrogens with one attached hydrogen (secondary N) is 1. The number of carbonyl (C=O) groups is 1. The second-order valence-corrected chi connectivity index (χ2v) is 3.93. The number of hydrogen-bond donors (Lipinski definition) is 2. The molecule has 0 unspecified atom stereocenters. The van der Waals surface area contributed by atoms with Crippen molar-refractivity contribution in [1.29, 1.82) is 0 Å². The van der Waals surface area contributed by atoms with Crippen LogP contribution < -0.4 is 11.1 Å². The van der Waals surface area contributed by atoms with Crippen LogP contribution in [0, 0.1) is 6.92 Å². The molecule has 0 bridgehead atoms. The summed E-state index contributed by atoms with van der Waals surface area (Å²) in [5.41, 5.74) is 6.72. The third-order valence-electron chi connectivity index (χ3n) is 2.36. The Hall–Kier alpha value is -2.31. The number of hydrogen-bond acceptors (Lipinski definition) is 5. The molecular weight excluding hydrogens is 234 g/mol. The number of anilines is 2. The predicted octanol–water partition coefficient (Wildman–Crippen LogP) is 1.42. The quantitative estimate of drug-likeness (QED) is 0.853. The molecule has 0 aliphatic carbocycles. The molecule has 2 rings (SSSR count). The highest BCUT2D eigenvalue weighted by molar-refractivity contribution is 6.02. The van der Waals surface area contributed by atoms with E-state index in [0.29, 0.717) is 17.3 Å². The van der Waals surface area contributed by atoms with Crippen molar-refractivity contribution in [2.75, 3.05) is 11.1 Å². The lowest BCUT2D eigenvalue weighted by Crippen LogP contribution is -2.17. The Kier molecular flexibility index (Phi) is 3.31. The van der Waals surface area contributed by atoms with Gasteiger partial charge in [-0.3, -0.25) is 10.1 Å². The van der Waals surface area contributed by atoms with E-state index in [0.717, 1.165) is 13.0 Å². The van der Waals surface area contributed by atoms with E-state index in [1.54, 1.807) is 23.8 Å². The van der Waals surface area contributed by atoms with Crippen LogP contribution in [0.5, 0.6) is 0 Å². The second-order valence-electron chi connectivity index (χ2n) is 3.93. The molecule has 7 heteroatoms. The molecule has 7 nitrogen and oxygen atoms in total. The van der Waals surface area contributed by atoms with E-state index in [4.69, 9.17) is 10.2 Å². The lowest BCUT2D eigenvalue weighted by Gasteiger charge is -2.05. The lowest BCUT2D eigenvalue weighted by atomic mass is 10.3. The van der Waals surface area contributed by atoms with Crippen molar-refractivity contribution in [1.82, 2.24) is 14.8 Å². The van der Waals surface area contributed by atoms with Gasteiger partial charge in [0, 0.05) is 19.7 Å². The van der Waals surface area contributed by atoms with Crippen molar-refractivity contribution in [3.05, 3.63) is 23.8 Å². The van der Waals surface area contributed by atoms with E-state index in [-0.39, 0.29) is 11.9 Å². The van der Waals surface area contributed by atoms with Crippen molar-refractivity contribution >= 4 is 17.6 Å². The summed E-state index contributed by atoms with van der Waals surface area (Å²) in [6, 6.07) is 1.70. The maximum Gasteiger partial charge on any atom is 0.322 e. The Morgan fingerprint density at radius 2 is 2.33 bits per heavy atom. The van der Waals surface area contributed by atoms with Gasteiger partial charge in [0.05, 0.1) is 5.69 Å². The van der Waals surface area contributed by atoms with Crippen LogP contribution in [0.15, 0.2) is 16.7 Å². The number of aryl methyl sites for hydroxylation is 2. The first kappa shape index (κ1) is 12.2. The third kappa shape index (κ3) is 2.50. The summed E-state index contributed by atoms with van der Waals surface area (Å²) in [5.74, 6) is 0.0811. The van der Waals surface area contributed by atoms with Gasteiger partial charge in [-0.05, 0) is 12.5 Å². The monoisotopic (exact) mass is 249 g/mol. The van der Waals surface area contributed by atoms with Crippen LogP contribution in [0.2, 0.25) is 0 Å². The Balaban J connectivity index is 2.17. The van der Waals surface area contributed by atoms with Gasteiger partial charge in [0.25, 0.3) is 5.91 Å². The van der Waals surface area contributed by atoms with E-state index < -0.39 is 0 Å². The van der Waals surface area contributed by atoms with Crippen molar-refractivity contribution in [2.45, 2.75) is 26.8 Å². The van der Waals surface area contributed by atoms with Crippen LogP contribution in [0.1, 0.15) is 29.7 Å². The highest BCUT2D eigenvalue weighted by Crippen LogP contribution is 2.13. The van der Waals surface area contributed by atoms with Gasteiger partial charge in [0.2, 0.25) is 5.89 Å². The van der Waals surface area contributed by atoms with E-state index in [1.165, 1.54) is 0 Å². The van der Waals surface area contributed by atoms with Gasteiger partial charge in [-0.1, -0.05) is 12.0 Å². The molecule has 0 atom stereocenters. The van der Waals surface area contributed by atoms with E-state index in [1.807, 2.05) is 6.92 Å². The molecule has 2 aromatic heterocycles. The summed E-state index contributed by atoms with van der Waals surface area (Å²) >= 11 is 0. The summed E-state index contributed by atoms with van der Waals surface area (Å²) in [6.45, 7) is 4.41. The number of carbonyl (C=O) groups excluding carboxylic acids is 1. The third-order valence-corrected chi connectivity index (χ3v) is 2.36. The Morgan fingerprint density at radius 3 is 2.94 bits per heavy atom. The first-order chi connectivity index (χ1) is 8.60. The summed E-state index contributed by atoms with van der Waals surface area (Å²) < 4.78 is 6.89. The fourth-order valence-electron chi connectivity index (χ4n) is 1.66. The Labute approximate surface area is 104 Å². The van der Waals surface area contributed by atoms with Crippen molar-refractivity contribution in [3.63, 3.8) is 0 Å². The summed E-state index contributed by atoms with van der Waals surface area (Å²) in [7, 11) is 0. The first-order valence-electron chi connectivity index (χ1n) is 5.67. The number of nitrogen functional groups attached to an aromatic ring is 1. The Morgan fingerprint density at radius 1 is 1.56 bits per heavy atom. The molecule has 18 heavy (non-hydrogen) atoms. The minimum atomic E-state index is -0.316. The molecule has 0 saturated carbocycles. The van der Waals surface area contributed by atoms with Crippen molar-refractivity contribution in [3.8, 4) is 0 Å². The topological polar surface area (TPSA) is 99.0 Å². The molecule has 0 saturated heterocycles. The average Bonchev–Trinajstić information content (AvgIpc) is 2.86. The number of aromatic nitrogens is 3. The minimum Gasteiger partial charge on any atom is -0.408 e. The molecule has 0 radical (unpaired) electrons. The molecule has 0 fully saturated rings. The van der Waals surface area contributed by atoms with Crippen molar-refractivity contribution in [2.24, 2.45) is 0 Å². The number of nitrogens with zero attached hydrogens (tertiary/aromatic N) is 3. The smallest absolute Gasteiger partial charge is 0.322 e. The molecule has 0 aromatic carbocycles. The molecule has 0 spiro atoms. The van der Waals surface area contributed by atoms with Gasteiger partial charge in [-0.25, -0.2) is 0 Å². The number of amides is 1. The Bertz CT molecular complexity index is 558. The van der Waals surface area contributed by atoms with Gasteiger partial charge in [0.1, 0.15) is 5.69 Å². The largest absolute Gasteiger partial charge is 0.408 e. The van der Waals surface area contributed by atoms with Gasteiger partial charge in [0.15, 0.2) is 0 Å². The highest BCUT2D eigenvalue weighted by atomic mass is 16.4. The van der Waals surface area contributed by atoms with Crippen LogP contribution in [0.3, 0.4) is 0 Å². The van der Waals surface area contributed by atoms with E-state index in [9.17, 15) is 4.79 Å². The molecule has 3 N–H and O–H groups in total.